The van der Waals surface area contributed by atoms with Crippen molar-refractivity contribution in [2.24, 2.45) is 5.10 Å². The Morgan fingerprint density at radius 3 is 2.59 bits per heavy atom. The van der Waals surface area contributed by atoms with E-state index in [0.29, 0.717) is 16.7 Å². The van der Waals surface area contributed by atoms with Crippen molar-refractivity contribution in [3.8, 4) is 0 Å². The fraction of sp³-hybridized carbons (Fsp3) is 0.308. The molecule has 4 rings (SSSR count). The third-order valence-electron chi connectivity index (χ3n) is 5.59. The van der Waals surface area contributed by atoms with Crippen LogP contribution in [0.2, 0.25) is 0 Å². The van der Waals surface area contributed by atoms with Crippen LogP contribution in [0, 0.1) is 6.92 Å². The molecular formula is C26H27BrN4O3. The highest BCUT2D eigenvalue weighted by molar-refractivity contribution is 9.10. The van der Waals surface area contributed by atoms with Crippen LogP contribution < -0.4 is 5.56 Å². The predicted molar refractivity (Wildman–Crippen MR) is 139 cm³/mol. The highest BCUT2D eigenvalue weighted by Crippen LogP contribution is 2.25. The first kappa shape index (κ1) is 23.9. The molecule has 0 aliphatic carbocycles. The van der Waals surface area contributed by atoms with Gasteiger partial charge in [-0.1, -0.05) is 48.0 Å². The smallest absolute Gasteiger partial charge is 0.326 e. The molecule has 0 saturated carbocycles. The largest absolute Gasteiger partial charge is 0.462 e. The fourth-order valence-corrected chi connectivity index (χ4v) is 4.38. The maximum Gasteiger partial charge on any atom is 0.326 e. The van der Waals surface area contributed by atoms with Crippen LogP contribution in [-0.2, 0) is 16.1 Å². The summed E-state index contributed by atoms with van der Waals surface area (Å²) in [5.74, 6) is 0.272. The van der Waals surface area contributed by atoms with Gasteiger partial charge in [0.2, 0.25) is 0 Å². The third-order valence-corrected chi connectivity index (χ3v) is 6.08. The van der Waals surface area contributed by atoms with Gasteiger partial charge < -0.3 is 9.30 Å². The van der Waals surface area contributed by atoms with Gasteiger partial charge in [-0.3, -0.25) is 9.59 Å². The predicted octanol–water partition coefficient (Wildman–Crippen LogP) is 5.38. The van der Waals surface area contributed by atoms with E-state index in [1.165, 1.54) is 4.68 Å². The lowest BCUT2D eigenvalue weighted by molar-refractivity contribution is -0.148. The number of rotatable bonds is 6. The number of para-hydroxylation sites is 1. The molecule has 0 bridgehead atoms. The van der Waals surface area contributed by atoms with Crippen LogP contribution in [-0.4, -0.2) is 32.5 Å². The van der Waals surface area contributed by atoms with Crippen LogP contribution in [0.1, 0.15) is 50.7 Å². The Balaban J connectivity index is 1.86. The number of benzene rings is 2. The SMILES string of the molecule is Cc1c(C=Nn2c(C(C)C)nc3ccc(Br)cc3c2=O)c2ccccc2n1CC(=O)OC(C)C. The number of ether oxygens (including phenoxy) is 1. The number of carbonyl (C=O) groups excluding carboxylic acids is 1. The summed E-state index contributed by atoms with van der Waals surface area (Å²) in [6.07, 6.45) is 1.50. The van der Waals surface area contributed by atoms with Crippen LogP contribution in [0.25, 0.3) is 21.8 Å². The average molecular weight is 523 g/mol. The minimum Gasteiger partial charge on any atom is -0.462 e. The summed E-state index contributed by atoms with van der Waals surface area (Å²) < 4.78 is 9.45. The summed E-state index contributed by atoms with van der Waals surface area (Å²) in [4.78, 5) is 30.4. The molecule has 0 aliphatic rings. The van der Waals surface area contributed by atoms with Crippen molar-refractivity contribution in [2.45, 2.75) is 53.2 Å². The minimum absolute atomic E-state index is 0.00820. The molecule has 0 amide bonds. The second kappa shape index (κ2) is 9.54. The maximum absolute atomic E-state index is 13.4. The molecule has 34 heavy (non-hydrogen) atoms. The Morgan fingerprint density at radius 2 is 1.88 bits per heavy atom. The van der Waals surface area contributed by atoms with Crippen molar-refractivity contribution >= 4 is 49.9 Å². The van der Waals surface area contributed by atoms with Gasteiger partial charge in [0.05, 0.1) is 23.2 Å². The zero-order valence-corrected chi connectivity index (χ0v) is 21.5. The number of nitrogens with zero attached hydrogens (tertiary/aromatic N) is 4. The lowest BCUT2D eigenvalue weighted by Crippen LogP contribution is -2.23. The fourth-order valence-electron chi connectivity index (χ4n) is 4.02. The molecule has 4 aromatic rings. The molecule has 2 aromatic carbocycles. The molecular weight excluding hydrogens is 496 g/mol. The average Bonchev–Trinajstić information content (AvgIpc) is 3.03. The summed E-state index contributed by atoms with van der Waals surface area (Å²) >= 11 is 3.43. The summed E-state index contributed by atoms with van der Waals surface area (Å²) in [6.45, 7) is 9.66. The van der Waals surface area contributed by atoms with Gasteiger partial charge in [-0.15, -0.1) is 0 Å². The van der Waals surface area contributed by atoms with Crippen LogP contribution in [0.3, 0.4) is 0 Å². The van der Waals surface area contributed by atoms with E-state index in [1.54, 1.807) is 12.3 Å². The molecule has 2 heterocycles. The Morgan fingerprint density at radius 1 is 1.15 bits per heavy atom. The van der Waals surface area contributed by atoms with Crippen molar-refractivity contribution < 1.29 is 9.53 Å². The topological polar surface area (TPSA) is 78.5 Å². The first-order chi connectivity index (χ1) is 16.2. The van der Waals surface area contributed by atoms with E-state index in [9.17, 15) is 9.59 Å². The normalized spacial score (nSPS) is 12.0. The summed E-state index contributed by atoms with van der Waals surface area (Å²) in [6, 6.07) is 13.3. The third kappa shape index (κ3) is 4.55. The molecule has 0 spiro atoms. The first-order valence-electron chi connectivity index (χ1n) is 11.2. The standard InChI is InChI=1S/C26H27BrN4O3/c1-15(2)25-29-22-11-10-18(27)12-20(22)26(33)31(25)28-13-21-17(5)30(14-24(32)34-16(3)4)23-9-7-6-8-19(21)23/h6-13,15-16H,14H2,1-5H3. The van der Waals surface area contributed by atoms with Gasteiger partial charge in [0.1, 0.15) is 12.4 Å². The highest BCUT2D eigenvalue weighted by atomic mass is 79.9. The molecule has 7 nitrogen and oxygen atoms in total. The van der Waals surface area contributed by atoms with Gasteiger partial charge in [0, 0.05) is 32.6 Å². The summed E-state index contributed by atoms with van der Waals surface area (Å²) in [5, 5.41) is 6.03. The van der Waals surface area contributed by atoms with Crippen LogP contribution in [0.5, 0.6) is 0 Å². The Hall–Kier alpha value is -3.26. The summed E-state index contributed by atoms with van der Waals surface area (Å²) in [5.41, 5.74) is 3.01. The minimum atomic E-state index is -0.301. The Labute approximate surface area is 206 Å². The van der Waals surface area contributed by atoms with Gasteiger partial charge in [-0.2, -0.15) is 9.78 Å². The maximum atomic E-state index is 13.4. The molecule has 0 N–H and O–H groups in total. The lowest BCUT2D eigenvalue weighted by Gasteiger charge is -2.12. The number of hydrogen-bond acceptors (Lipinski definition) is 5. The number of carbonyl (C=O) groups is 1. The zero-order chi connectivity index (χ0) is 24.6. The van der Waals surface area contributed by atoms with Gasteiger partial charge >= 0.3 is 5.97 Å². The number of hydrogen-bond donors (Lipinski definition) is 0. The molecule has 0 atom stereocenters. The van der Waals surface area contributed by atoms with Crippen molar-refractivity contribution in [3.05, 3.63) is 74.4 Å². The van der Waals surface area contributed by atoms with Crippen molar-refractivity contribution in [1.82, 2.24) is 14.2 Å². The van der Waals surface area contributed by atoms with E-state index in [-0.39, 0.29) is 30.1 Å². The van der Waals surface area contributed by atoms with Gasteiger partial charge in [-0.05, 0) is 45.0 Å². The van der Waals surface area contributed by atoms with Gasteiger partial charge in [0.25, 0.3) is 5.56 Å². The Bertz CT molecular complexity index is 1480. The monoisotopic (exact) mass is 522 g/mol. The van der Waals surface area contributed by atoms with E-state index in [1.807, 2.05) is 75.6 Å². The highest BCUT2D eigenvalue weighted by Gasteiger charge is 2.18. The molecule has 2 aromatic heterocycles. The lowest BCUT2D eigenvalue weighted by atomic mass is 10.1. The van der Waals surface area contributed by atoms with E-state index in [2.05, 4.69) is 21.0 Å². The summed E-state index contributed by atoms with van der Waals surface area (Å²) in [7, 11) is 0. The molecule has 0 radical (unpaired) electrons. The van der Waals surface area contributed by atoms with Crippen molar-refractivity contribution in [2.75, 3.05) is 0 Å². The van der Waals surface area contributed by atoms with Gasteiger partial charge in [0.15, 0.2) is 0 Å². The molecule has 0 unspecified atom stereocenters. The number of halogens is 1. The number of fused-ring (bicyclic) bond motifs is 2. The Kier molecular flexibility index (Phi) is 6.70. The zero-order valence-electron chi connectivity index (χ0n) is 19.9. The molecule has 0 aliphatic heterocycles. The van der Waals surface area contributed by atoms with Crippen LogP contribution in [0.15, 0.2) is 56.8 Å². The van der Waals surface area contributed by atoms with Crippen molar-refractivity contribution in [1.29, 1.82) is 0 Å². The van der Waals surface area contributed by atoms with E-state index < -0.39 is 0 Å². The molecule has 0 fully saturated rings. The van der Waals surface area contributed by atoms with E-state index in [4.69, 9.17) is 9.72 Å². The quantitative estimate of drug-likeness (QED) is 0.251. The number of esters is 1. The second-order valence-electron chi connectivity index (χ2n) is 8.79. The van der Waals surface area contributed by atoms with Crippen LogP contribution in [0.4, 0.5) is 0 Å². The van der Waals surface area contributed by atoms with Crippen molar-refractivity contribution in [3.63, 3.8) is 0 Å². The second-order valence-corrected chi connectivity index (χ2v) is 9.70. The van der Waals surface area contributed by atoms with E-state index in [0.717, 1.165) is 26.6 Å². The first-order valence-corrected chi connectivity index (χ1v) is 12.0. The molecule has 8 heteroatoms. The van der Waals surface area contributed by atoms with Gasteiger partial charge in [-0.25, -0.2) is 4.98 Å². The van der Waals surface area contributed by atoms with E-state index >= 15 is 0 Å². The molecule has 176 valence electrons. The molecule has 0 saturated heterocycles. The number of aromatic nitrogens is 3. The van der Waals surface area contributed by atoms with Crippen LogP contribution >= 0.6 is 15.9 Å².